The monoisotopic (exact) mass is 988 g/mol. The number of nitrogens with one attached hydrogen (secondary N) is 2. The van der Waals surface area contributed by atoms with Crippen LogP contribution in [0.2, 0.25) is 0 Å². The molecule has 1 heterocycles. The number of nitrogens with zero attached hydrogens (tertiary/aromatic N) is 3. The highest BCUT2D eigenvalue weighted by molar-refractivity contribution is 7.45. The zero-order valence-corrected chi connectivity index (χ0v) is 40.3. The lowest BCUT2D eigenvalue weighted by molar-refractivity contribution is -0.383. The van der Waals surface area contributed by atoms with E-state index in [2.05, 4.69) is 32.5 Å². The Kier molecular flexibility index (Phi) is 28.2. The van der Waals surface area contributed by atoms with Crippen molar-refractivity contribution in [3.8, 4) is 0 Å². The number of esters is 2. The first-order valence-corrected chi connectivity index (χ1v) is 25.9. The second-order valence-electron chi connectivity index (χ2n) is 17.5. The molecule has 1 aliphatic carbocycles. The standard InChI is InChI=1S/C45H76N5O17P/c1-2-3-4-5-6-7-8-9-10-11-12-13-14-15-19-25-37(53)65-32(31-64-68(61,62)66-45-43(57)41(55)40(54)42(56)44(45)58)30-63-36(52)24-20-17-22-29-47-35(51)23-18-16-21-28-46-33-26-27-34(50(59)60)39-38(33)48-67-49-39/h26-27,32,40-46,54-58H,2-25,28-31H2,1H3,(H,47,51)(H,61,62)/p-1/t32-,40?,41-,42+,43-,44-,45?/m1/s1. The molecule has 1 aromatic heterocycles. The first-order valence-electron chi connectivity index (χ1n) is 24.4. The number of aliphatic hydroxyl groups is 5. The van der Waals surface area contributed by atoms with Gasteiger partial charge in [0.2, 0.25) is 11.4 Å². The molecule has 22 nitrogen and oxygen atoms in total. The van der Waals surface area contributed by atoms with Gasteiger partial charge in [-0.05, 0) is 48.5 Å². The summed E-state index contributed by atoms with van der Waals surface area (Å²) in [6, 6.07) is 2.87. The zero-order valence-electron chi connectivity index (χ0n) is 39.4. The fraction of sp³-hybridized carbons (Fsp3) is 0.800. The highest BCUT2D eigenvalue weighted by atomic mass is 31.2. The number of anilines is 1. The largest absolute Gasteiger partial charge is 0.756 e. The molecule has 8 atom stereocenters. The number of aliphatic hydroxyl groups excluding tert-OH is 5. The minimum absolute atomic E-state index is 0.0156. The number of hydrogen-bond acceptors (Lipinski definition) is 20. The molecular weight excluding hydrogens is 913 g/mol. The lowest BCUT2D eigenvalue weighted by atomic mass is 9.85. The molecule has 68 heavy (non-hydrogen) atoms. The summed E-state index contributed by atoms with van der Waals surface area (Å²) in [7, 11) is -5.43. The highest BCUT2D eigenvalue weighted by Gasteiger charge is 2.50. The van der Waals surface area contributed by atoms with Gasteiger partial charge in [-0.2, -0.15) is 0 Å². The van der Waals surface area contributed by atoms with Crippen LogP contribution in [0.1, 0.15) is 161 Å². The van der Waals surface area contributed by atoms with Gasteiger partial charge in [-0.15, -0.1) is 0 Å². The SMILES string of the molecule is CCCCCCCCCCCCCCCCCC(=O)O[C@H](COC(=O)CCCCCNC(=O)CCCCCNc1ccc([N+](=O)[O-])c2nonc12)COP(=O)([O-])OC1[C@H](O)[C@H](O)C(O)[C@H](O)[C@H]1O. The number of nitro benzene ring substituents is 1. The van der Waals surface area contributed by atoms with E-state index in [4.69, 9.17) is 18.5 Å². The van der Waals surface area contributed by atoms with Crippen LogP contribution < -0.4 is 15.5 Å². The molecule has 1 aliphatic rings. The molecule has 0 bridgehead atoms. The number of ether oxygens (including phenoxy) is 2. The van der Waals surface area contributed by atoms with E-state index in [-0.39, 0.29) is 35.5 Å². The Morgan fingerprint density at radius 2 is 1.19 bits per heavy atom. The topological polar surface area (TPSA) is 336 Å². The van der Waals surface area contributed by atoms with E-state index in [9.17, 15) is 59.5 Å². The van der Waals surface area contributed by atoms with Crippen molar-refractivity contribution in [1.29, 1.82) is 0 Å². The quantitative estimate of drug-likeness (QED) is 0.0150. The number of phosphoric ester groups is 1. The molecule has 7 N–H and O–H groups in total. The van der Waals surface area contributed by atoms with Gasteiger partial charge < -0.3 is 59.6 Å². The third-order valence-electron chi connectivity index (χ3n) is 11.8. The summed E-state index contributed by atoms with van der Waals surface area (Å²) in [4.78, 5) is 61.0. The van der Waals surface area contributed by atoms with Crippen LogP contribution in [-0.2, 0) is 37.5 Å². The molecule has 0 spiro atoms. The van der Waals surface area contributed by atoms with Gasteiger partial charge in [-0.25, -0.2) is 4.63 Å². The maximum absolute atomic E-state index is 12.8. The van der Waals surface area contributed by atoms with Gasteiger partial charge >= 0.3 is 17.6 Å². The number of aromatic nitrogens is 2. The van der Waals surface area contributed by atoms with E-state index in [1.807, 2.05) is 0 Å². The third-order valence-corrected chi connectivity index (χ3v) is 12.8. The van der Waals surface area contributed by atoms with Crippen molar-refractivity contribution in [2.75, 3.05) is 31.6 Å². The molecular formula is C45H75N5O17P-. The second kappa shape index (κ2) is 32.9. The van der Waals surface area contributed by atoms with Crippen molar-refractivity contribution in [3.63, 3.8) is 0 Å². The number of non-ortho nitro benzene ring substituents is 1. The average Bonchev–Trinajstić information content (AvgIpc) is 3.81. The average molecular weight is 989 g/mol. The minimum Gasteiger partial charge on any atom is -0.756 e. The number of fused-ring (bicyclic) bond motifs is 1. The van der Waals surface area contributed by atoms with Gasteiger partial charge in [0.1, 0.15) is 43.2 Å². The molecule has 23 heteroatoms. The number of amides is 1. The van der Waals surface area contributed by atoms with Gasteiger partial charge in [-0.1, -0.05) is 110 Å². The summed E-state index contributed by atoms with van der Waals surface area (Å²) in [6.07, 6.45) is 7.46. The summed E-state index contributed by atoms with van der Waals surface area (Å²) in [6.45, 7) is 1.74. The number of carbonyl (C=O) groups excluding carboxylic acids is 3. The first-order chi connectivity index (χ1) is 32.6. The zero-order chi connectivity index (χ0) is 49.7. The molecule has 3 rings (SSSR count). The Labute approximate surface area is 397 Å². The summed E-state index contributed by atoms with van der Waals surface area (Å²) in [5.74, 6) is -1.44. The van der Waals surface area contributed by atoms with E-state index in [0.29, 0.717) is 57.3 Å². The molecule has 0 aliphatic heterocycles. The Morgan fingerprint density at radius 1 is 0.691 bits per heavy atom. The summed E-state index contributed by atoms with van der Waals surface area (Å²) >= 11 is 0. The molecule has 1 amide bonds. The van der Waals surface area contributed by atoms with Crippen LogP contribution in [0, 0.1) is 10.1 Å². The van der Waals surface area contributed by atoms with Crippen LogP contribution in [0.5, 0.6) is 0 Å². The summed E-state index contributed by atoms with van der Waals surface area (Å²) in [5.41, 5.74) is 0.684. The molecule has 1 fully saturated rings. The Balaban J connectivity index is 1.32. The molecule has 1 saturated carbocycles. The third kappa shape index (κ3) is 22.3. The van der Waals surface area contributed by atoms with Crippen LogP contribution >= 0.6 is 7.82 Å². The van der Waals surface area contributed by atoms with Gasteiger partial charge in [0.05, 0.1) is 17.2 Å². The maximum Gasteiger partial charge on any atom is 0.306 e. The molecule has 0 saturated heterocycles. The van der Waals surface area contributed by atoms with Crippen LogP contribution in [0.4, 0.5) is 11.4 Å². The molecule has 388 valence electrons. The Hall–Kier alpha value is -3.86. The van der Waals surface area contributed by atoms with Crippen LogP contribution in [0.25, 0.3) is 11.0 Å². The molecule has 2 aromatic rings. The highest BCUT2D eigenvalue weighted by Crippen LogP contribution is 2.43. The molecule has 1 aromatic carbocycles. The van der Waals surface area contributed by atoms with Crippen LogP contribution in [-0.4, -0.2) is 128 Å². The van der Waals surface area contributed by atoms with Crippen molar-refractivity contribution < 1.29 is 77.4 Å². The van der Waals surface area contributed by atoms with Gasteiger partial charge in [0.25, 0.3) is 7.82 Å². The predicted molar refractivity (Wildman–Crippen MR) is 246 cm³/mol. The van der Waals surface area contributed by atoms with Crippen molar-refractivity contribution in [3.05, 3.63) is 22.2 Å². The number of benzene rings is 1. The van der Waals surface area contributed by atoms with E-state index in [0.717, 1.165) is 38.5 Å². The lowest BCUT2D eigenvalue weighted by Gasteiger charge is -2.43. The van der Waals surface area contributed by atoms with E-state index >= 15 is 0 Å². The smallest absolute Gasteiger partial charge is 0.306 e. The van der Waals surface area contributed by atoms with Crippen molar-refractivity contribution in [1.82, 2.24) is 15.6 Å². The fourth-order valence-electron chi connectivity index (χ4n) is 7.78. The van der Waals surface area contributed by atoms with Gasteiger partial charge in [-0.3, -0.25) is 29.1 Å². The van der Waals surface area contributed by atoms with E-state index in [1.165, 1.54) is 70.3 Å². The fourth-order valence-corrected chi connectivity index (χ4v) is 8.73. The molecule has 0 radical (unpaired) electrons. The van der Waals surface area contributed by atoms with Crippen LogP contribution in [0.15, 0.2) is 16.8 Å². The van der Waals surface area contributed by atoms with Crippen molar-refractivity contribution >= 4 is 48.1 Å². The number of carbonyl (C=O) groups is 3. The Morgan fingerprint density at radius 3 is 1.78 bits per heavy atom. The number of phosphoric acid groups is 1. The first kappa shape index (κ1) is 58.5. The maximum atomic E-state index is 12.8. The van der Waals surface area contributed by atoms with Crippen molar-refractivity contribution in [2.24, 2.45) is 0 Å². The van der Waals surface area contributed by atoms with E-state index < -0.39 is 80.6 Å². The van der Waals surface area contributed by atoms with E-state index in [1.54, 1.807) is 6.07 Å². The number of hydrogen-bond donors (Lipinski definition) is 7. The predicted octanol–water partition coefficient (Wildman–Crippen LogP) is 5.18. The van der Waals surface area contributed by atoms with Gasteiger partial charge in [0, 0.05) is 38.4 Å². The number of nitro groups is 1. The lowest BCUT2D eigenvalue weighted by Crippen LogP contribution is -2.64. The van der Waals surface area contributed by atoms with Crippen LogP contribution in [0.3, 0.4) is 0 Å². The summed E-state index contributed by atoms with van der Waals surface area (Å²) < 4.78 is 37.7. The number of rotatable bonds is 38. The Bertz CT molecular complexity index is 1810. The second-order valence-corrected chi connectivity index (χ2v) is 18.9. The van der Waals surface area contributed by atoms with Gasteiger partial charge in [0.15, 0.2) is 11.6 Å². The molecule has 3 unspecified atom stereocenters. The normalized spacial score (nSPS) is 20.7. The summed E-state index contributed by atoms with van der Waals surface area (Å²) in [5, 5.41) is 74.6. The van der Waals surface area contributed by atoms with Crippen molar-refractivity contribution in [2.45, 2.75) is 204 Å². The number of unbranched alkanes of at least 4 members (excludes halogenated alkanes) is 18. The minimum atomic E-state index is -5.43.